The van der Waals surface area contributed by atoms with Crippen molar-refractivity contribution in [2.75, 3.05) is 6.61 Å². The van der Waals surface area contributed by atoms with Crippen LogP contribution in [-0.4, -0.2) is 54.7 Å². The minimum atomic E-state index is -5.33. The Morgan fingerprint density at radius 1 is 1.50 bits per heavy atom. The molecule has 0 saturated carbocycles. The molecule has 0 bridgehead atoms. The number of aromatic nitrogens is 4. The third-order valence-corrected chi connectivity index (χ3v) is 4.05. The smallest absolute Gasteiger partial charge is 0.278 e. The summed E-state index contributed by atoms with van der Waals surface area (Å²) >= 11 is 0. The van der Waals surface area contributed by atoms with Crippen LogP contribution in [0, 0.1) is 0 Å². The first-order chi connectivity index (χ1) is 12.2. The second-order valence-corrected chi connectivity index (χ2v) is 6.32. The number of phosphoric acid groups is 1. The predicted octanol–water partition coefficient (Wildman–Crippen LogP) is -2.47. The first-order valence-corrected chi connectivity index (χ1v) is 8.38. The van der Waals surface area contributed by atoms with E-state index in [-0.39, 0.29) is 17.1 Å². The Bertz CT molecular complexity index is 977. The summed E-state index contributed by atoms with van der Waals surface area (Å²) < 4.78 is 20.9. The average molecular weight is 387 g/mol. The van der Waals surface area contributed by atoms with Crippen molar-refractivity contribution in [1.29, 1.82) is 0 Å². The summed E-state index contributed by atoms with van der Waals surface area (Å²) in [6, 6.07) is 0. The molecule has 0 amide bonds. The molecule has 0 unspecified atom stereocenters. The number of hydrogen-bond donors (Lipinski definition) is 3. The molecule has 1 aliphatic rings. The molecule has 1 fully saturated rings. The lowest BCUT2D eigenvalue weighted by atomic mass is 10.1. The van der Waals surface area contributed by atoms with Gasteiger partial charge in [0.2, 0.25) is 5.95 Å². The molecule has 0 radical (unpaired) electrons. The number of ether oxygens (including phenoxy) is 1. The van der Waals surface area contributed by atoms with Crippen LogP contribution in [0.4, 0.5) is 5.95 Å². The summed E-state index contributed by atoms with van der Waals surface area (Å²) in [4.78, 5) is 45.4. The van der Waals surface area contributed by atoms with Gasteiger partial charge in [0.1, 0.15) is 18.3 Å². The molecule has 140 valence electrons. The number of aliphatic hydroxyl groups excluding tert-OH is 2. The number of aliphatic hydroxyl groups is 2. The van der Waals surface area contributed by atoms with Crippen LogP contribution in [0.25, 0.3) is 21.6 Å². The van der Waals surface area contributed by atoms with Gasteiger partial charge in [0.15, 0.2) is 17.4 Å². The van der Waals surface area contributed by atoms with Crippen molar-refractivity contribution in [2.24, 2.45) is 5.11 Å². The molecule has 0 aromatic carbocycles. The summed E-state index contributed by atoms with van der Waals surface area (Å²) in [5.41, 5.74) is 7.66. The van der Waals surface area contributed by atoms with Crippen LogP contribution < -0.4 is 15.3 Å². The fraction of sp³-hybridized carbons (Fsp3) is 0.500. The van der Waals surface area contributed by atoms with E-state index >= 15 is 0 Å². The molecule has 2 aromatic rings. The van der Waals surface area contributed by atoms with Crippen molar-refractivity contribution in [3.8, 4) is 0 Å². The van der Waals surface area contributed by atoms with Crippen LogP contribution in [-0.2, 0) is 13.8 Å². The van der Waals surface area contributed by atoms with Crippen molar-refractivity contribution in [1.82, 2.24) is 19.5 Å². The number of azide groups is 1. The van der Waals surface area contributed by atoms with Gasteiger partial charge in [0, 0.05) is 4.91 Å². The van der Waals surface area contributed by atoms with Gasteiger partial charge >= 0.3 is 0 Å². The topological polar surface area (TPSA) is 234 Å². The average Bonchev–Trinajstić information content (AvgIpc) is 3.05. The van der Waals surface area contributed by atoms with E-state index in [0.717, 1.165) is 10.9 Å². The lowest BCUT2D eigenvalue weighted by Crippen LogP contribution is -2.34. The maximum Gasteiger partial charge on any atom is 0.278 e. The van der Waals surface area contributed by atoms with Crippen molar-refractivity contribution in [2.45, 2.75) is 24.5 Å². The predicted molar refractivity (Wildman–Crippen MR) is 76.4 cm³/mol. The van der Waals surface area contributed by atoms with E-state index in [2.05, 4.69) is 29.5 Å². The van der Waals surface area contributed by atoms with E-state index < -0.39 is 44.5 Å². The molecule has 0 spiro atoms. The molecule has 1 saturated heterocycles. The Hall–Kier alpha value is -2.35. The molecular formula is C10H10N7O8P-2. The Morgan fingerprint density at radius 2 is 2.23 bits per heavy atom. The Kier molecular flexibility index (Phi) is 4.79. The van der Waals surface area contributed by atoms with Crippen molar-refractivity contribution in [3.63, 3.8) is 0 Å². The normalized spacial score (nSPS) is 26.2. The monoisotopic (exact) mass is 387 g/mol. The minimum Gasteiger partial charge on any atom is -0.790 e. The van der Waals surface area contributed by atoms with Crippen LogP contribution in [0.3, 0.4) is 0 Å². The van der Waals surface area contributed by atoms with Gasteiger partial charge in [-0.05, 0) is 10.6 Å². The Morgan fingerprint density at radius 3 is 2.88 bits per heavy atom. The second-order valence-electron chi connectivity index (χ2n) is 5.16. The zero-order chi connectivity index (χ0) is 19.1. The standard InChI is InChI=1S/C10H12N7O8P/c11-16-15-10-14-4-7(12-2-13-8(4)20)17(10)9-6(19)5(18)3(25-9)1-24-26(21,22)23/h2-3,5-6,9,18-19H,1H2,(H,12,13,20)(H2,21,22,23)/p-2/t3-,5-,6-,9-/m1/s1. The lowest BCUT2D eigenvalue weighted by molar-refractivity contribution is -0.343. The van der Waals surface area contributed by atoms with Gasteiger partial charge in [-0.1, -0.05) is 0 Å². The first kappa shape index (κ1) is 18.4. The van der Waals surface area contributed by atoms with Crippen LogP contribution in [0.5, 0.6) is 0 Å². The van der Waals surface area contributed by atoms with Crippen molar-refractivity contribution >= 4 is 24.9 Å². The maximum atomic E-state index is 11.8. The fourth-order valence-corrected chi connectivity index (χ4v) is 2.83. The molecule has 3 N–H and O–H groups in total. The summed E-state index contributed by atoms with van der Waals surface area (Å²) in [5.74, 6) is -0.386. The molecule has 16 heteroatoms. The van der Waals surface area contributed by atoms with Crippen LogP contribution in [0.2, 0.25) is 0 Å². The van der Waals surface area contributed by atoms with Gasteiger partial charge in [-0.3, -0.25) is 9.36 Å². The van der Waals surface area contributed by atoms with E-state index in [9.17, 15) is 29.4 Å². The van der Waals surface area contributed by atoms with E-state index in [0.29, 0.717) is 0 Å². The van der Waals surface area contributed by atoms with E-state index in [1.54, 1.807) is 0 Å². The highest BCUT2D eigenvalue weighted by atomic mass is 31.2. The third-order valence-electron chi connectivity index (χ3n) is 3.59. The quantitative estimate of drug-likeness (QED) is 0.211. The maximum absolute atomic E-state index is 11.8. The molecule has 1 aliphatic heterocycles. The molecular weight excluding hydrogens is 377 g/mol. The number of aromatic amines is 1. The SMILES string of the molecule is [N-]=[N+]=Nc1nc2c(=O)[nH]cnc2n1[C@@H]1O[C@H](COP(=O)([O-])[O-])[C@@H](O)[C@H]1O. The number of imidazole rings is 1. The summed E-state index contributed by atoms with van der Waals surface area (Å²) in [6.07, 6.45) is -5.12. The molecule has 2 aromatic heterocycles. The minimum absolute atomic E-state index is 0.118. The van der Waals surface area contributed by atoms with Gasteiger partial charge in [-0.15, -0.1) is 0 Å². The van der Waals surface area contributed by atoms with Gasteiger partial charge in [-0.2, -0.15) is 0 Å². The van der Waals surface area contributed by atoms with E-state index in [4.69, 9.17) is 10.3 Å². The summed E-state index contributed by atoms with van der Waals surface area (Å²) in [5, 5.41) is 23.5. The van der Waals surface area contributed by atoms with Crippen LogP contribution >= 0.6 is 7.82 Å². The number of nitrogens with zero attached hydrogens (tertiary/aromatic N) is 6. The van der Waals surface area contributed by atoms with E-state index in [1.807, 2.05) is 0 Å². The van der Waals surface area contributed by atoms with Crippen molar-refractivity contribution < 1.29 is 33.8 Å². The number of H-pyrrole nitrogens is 1. The van der Waals surface area contributed by atoms with Crippen LogP contribution in [0.15, 0.2) is 16.2 Å². The number of rotatable bonds is 5. The zero-order valence-corrected chi connectivity index (χ0v) is 13.5. The Labute approximate surface area is 142 Å². The Balaban J connectivity index is 2.02. The van der Waals surface area contributed by atoms with Crippen LogP contribution in [0.1, 0.15) is 6.23 Å². The van der Waals surface area contributed by atoms with Crippen molar-refractivity contribution in [3.05, 3.63) is 27.1 Å². The fourth-order valence-electron chi connectivity index (χ4n) is 2.50. The highest BCUT2D eigenvalue weighted by Gasteiger charge is 2.45. The van der Waals surface area contributed by atoms with Gasteiger partial charge in [0.25, 0.3) is 5.56 Å². The third kappa shape index (κ3) is 3.33. The van der Waals surface area contributed by atoms with Gasteiger partial charge in [-0.25, -0.2) is 9.97 Å². The molecule has 0 aliphatic carbocycles. The molecule has 3 heterocycles. The van der Waals surface area contributed by atoms with Gasteiger partial charge < -0.3 is 38.8 Å². The molecule has 3 rings (SSSR count). The number of nitrogens with one attached hydrogen (secondary N) is 1. The highest BCUT2D eigenvalue weighted by Crippen LogP contribution is 2.36. The highest BCUT2D eigenvalue weighted by molar-refractivity contribution is 7.43. The largest absolute Gasteiger partial charge is 0.790 e. The lowest BCUT2D eigenvalue weighted by Gasteiger charge is -2.30. The number of phosphoric ester groups is 1. The number of fused-ring (bicyclic) bond motifs is 1. The number of hydrogen-bond acceptors (Lipinski definition) is 11. The molecule has 4 atom stereocenters. The van der Waals surface area contributed by atoms with Gasteiger partial charge in [0.05, 0.1) is 20.8 Å². The zero-order valence-electron chi connectivity index (χ0n) is 12.6. The molecule has 26 heavy (non-hydrogen) atoms. The summed E-state index contributed by atoms with van der Waals surface area (Å²) in [7, 11) is -5.33. The van der Waals surface area contributed by atoms with E-state index in [1.165, 1.54) is 0 Å². The second kappa shape index (κ2) is 6.75. The first-order valence-electron chi connectivity index (χ1n) is 6.92. The summed E-state index contributed by atoms with van der Waals surface area (Å²) in [6.45, 7) is -0.851. The molecule has 15 nitrogen and oxygen atoms in total.